The van der Waals surface area contributed by atoms with Gasteiger partial charge < -0.3 is 4.74 Å². The molecule has 0 rings (SSSR count). The highest BCUT2D eigenvalue weighted by molar-refractivity contribution is 7.84. The highest BCUT2D eigenvalue weighted by atomic mass is 32.1. The summed E-state index contributed by atoms with van der Waals surface area (Å²) in [6.45, 7) is 0.786. The minimum absolute atomic E-state index is 0.0123. The first-order valence-corrected chi connectivity index (χ1v) is 3.86. The maximum Gasteiger partial charge on any atom is 0.109 e. The molecule has 0 aliphatic rings. The summed E-state index contributed by atoms with van der Waals surface area (Å²) in [6.07, 6.45) is 1.05. The lowest BCUT2D eigenvalue weighted by molar-refractivity contribution is 0.142. The van der Waals surface area contributed by atoms with Gasteiger partial charge in [-0.15, -0.1) is 12.6 Å². The standard InChI is InChI=1S/C4H11BOS2/c5-1-2-6-4(8)3-7/h4,7-8H,1-3,5H2. The molecule has 0 heterocycles. The average Bonchev–Trinajstić information content (AvgIpc) is 1.83. The summed E-state index contributed by atoms with van der Waals surface area (Å²) < 4.78 is 5.13. The average molecular weight is 150 g/mol. The molecular weight excluding hydrogens is 139 g/mol. The van der Waals surface area contributed by atoms with Crippen molar-refractivity contribution in [3.8, 4) is 0 Å². The number of rotatable bonds is 4. The summed E-state index contributed by atoms with van der Waals surface area (Å²) in [6, 6.07) is 0. The Morgan fingerprint density at radius 1 is 1.62 bits per heavy atom. The van der Waals surface area contributed by atoms with E-state index in [1.54, 1.807) is 0 Å². The normalized spacial score (nSPS) is 13.8. The maximum atomic E-state index is 5.13. The van der Waals surface area contributed by atoms with E-state index in [-0.39, 0.29) is 5.44 Å². The second-order valence-corrected chi connectivity index (χ2v) is 2.45. The van der Waals surface area contributed by atoms with Gasteiger partial charge in [-0.25, -0.2) is 0 Å². The Balaban J connectivity index is 2.86. The minimum Gasteiger partial charge on any atom is -0.368 e. The third-order valence-corrected chi connectivity index (χ3v) is 1.62. The quantitative estimate of drug-likeness (QED) is 0.331. The summed E-state index contributed by atoms with van der Waals surface area (Å²) in [7, 11) is 2.07. The SMILES string of the molecule is BCCOC(S)CS. The lowest BCUT2D eigenvalue weighted by Gasteiger charge is -2.06. The summed E-state index contributed by atoms with van der Waals surface area (Å²) in [5.74, 6) is 0.684. The lowest BCUT2D eigenvalue weighted by Crippen LogP contribution is -2.07. The minimum atomic E-state index is 0.0123. The third-order valence-electron chi connectivity index (χ3n) is 0.671. The number of hydrogen-bond acceptors (Lipinski definition) is 3. The van der Waals surface area contributed by atoms with Crippen LogP contribution in [0, 0.1) is 0 Å². The zero-order chi connectivity index (χ0) is 6.41. The molecule has 0 saturated heterocycles. The van der Waals surface area contributed by atoms with E-state index in [1.807, 2.05) is 0 Å². The van der Waals surface area contributed by atoms with Crippen molar-refractivity contribution in [3.63, 3.8) is 0 Å². The van der Waals surface area contributed by atoms with Crippen LogP contribution in [-0.4, -0.2) is 25.6 Å². The van der Waals surface area contributed by atoms with Gasteiger partial charge in [-0.1, -0.05) is 6.32 Å². The largest absolute Gasteiger partial charge is 0.368 e. The molecule has 0 saturated carbocycles. The van der Waals surface area contributed by atoms with E-state index in [1.165, 1.54) is 0 Å². The van der Waals surface area contributed by atoms with E-state index < -0.39 is 0 Å². The van der Waals surface area contributed by atoms with Crippen LogP contribution < -0.4 is 0 Å². The molecule has 0 N–H and O–H groups in total. The Morgan fingerprint density at radius 2 is 2.25 bits per heavy atom. The molecule has 0 aliphatic heterocycles. The second kappa shape index (κ2) is 5.85. The van der Waals surface area contributed by atoms with E-state index >= 15 is 0 Å². The Bertz CT molecular complexity index is 53.3. The molecule has 0 amide bonds. The Morgan fingerprint density at radius 3 is 2.62 bits per heavy atom. The van der Waals surface area contributed by atoms with Gasteiger partial charge in [0.15, 0.2) is 0 Å². The molecular formula is C4H11BOS2. The monoisotopic (exact) mass is 150 g/mol. The van der Waals surface area contributed by atoms with Crippen LogP contribution in [-0.2, 0) is 4.74 Å². The molecule has 0 aromatic rings. The molecule has 0 fully saturated rings. The predicted molar refractivity (Wildman–Crippen MR) is 45.9 cm³/mol. The van der Waals surface area contributed by atoms with Crippen molar-refractivity contribution in [3.05, 3.63) is 0 Å². The van der Waals surface area contributed by atoms with Crippen LogP contribution >= 0.6 is 25.3 Å². The summed E-state index contributed by atoms with van der Waals surface area (Å²) in [5, 5.41) is 0. The smallest absolute Gasteiger partial charge is 0.109 e. The summed E-state index contributed by atoms with van der Waals surface area (Å²) >= 11 is 8.05. The van der Waals surface area contributed by atoms with Crippen molar-refractivity contribution >= 4 is 33.1 Å². The van der Waals surface area contributed by atoms with Crippen molar-refractivity contribution in [1.29, 1.82) is 0 Å². The molecule has 0 aromatic heterocycles. The number of ether oxygens (including phenoxy) is 1. The fourth-order valence-electron chi connectivity index (χ4n) is 0.307. The van der Waals surface area contributed by atoms with Gasteiger partial charge >= 0.3 is 0 Å². The summed E-state index contributed by atoms with van der Waals surface area (Å²) in [5.41, 5.74) is 0.0123. The Labute approximate surface area is 62.4 Å². The van der Waals surface area contributed by atoms with Crippen molar-refractivity contribution < 1.29 is 4.74 Å². The van der Waals surface area contributed by atoms with E-state index in [0.717, 1.165) is 12.9 Å². The highest BCUT2D eigenvalue weighted by Gasteiger charge is 1.95. The van der Waals surface area contributed by atoms with Crippen LogP contribution in [0.4, 0.5) is 0 Å². The second-order valence-electron chi connectivity index (χ2n) is 1.51. The number of thiol groups is 2. The first-order valence-electron chi connectivity index (χ1n) is 2.71. The molecule has 1 unspecified atom stereocenters. The molecule has 0 bridgehead atoms. The molecule has 8 heavy (non-hydrogen) atoms. The van der Waals surface area contributed by atoms with Crippen LogP contribution in [0.3, 0.4) is 0 Å². The molecule has 4 heteroatoms. The lowest BCUT2D eigenvalue weighted by atomic mass is 10.1. The van der Waals surface area contributed by atoms with Gasteiger partial charge in [0.2, 0.25) is 0 Å². The van der Waals surface area contributed by atoms with E-state index in [9.17, 15) is 0 Å². The summed E-state index contributed by atoms with van der Waals surface area (Å²) in [4.78, 5) is 0. The molecule has 1 nitrogen and oxygen atoms in total. The van der Waals surface area contributed by atoms with Crippen LogP contribution in [0.1, 0.15) is 0 Å². The zero-order valence-electron chi connectivity index (χ0n) is 5.00. The highest BCUT2D eigenvalue weighted by Crippen LogP contribution is 1.98. The van der Waals surface area contributed by atoms with Crippen LogP contribution in [0.25, 0.3) is 0 Å². The van der Waals surface area contributed by atoms with Crippen LogP contribution in [0.5, 0.6) is 0 Å². The van der Waals surface area contributed by atoms with Gasteiger partial charge in [-0.05, 0) is 0 Å². The number of hydrogen-bond donors (Lipinski definition) is 2. The van der Waals surface area contributed by atoms with Gasteiger partial charge in [0.25, 0.3) is 0 Å². The van der Waals surface area contributed by atoms with Gasteiger partial charge in [-0.3, -0.25) is 0 Å². The van der Waals surface area contributed by atoms with Gasteiger partial charge in [0.05, 0.1) is 0 Å². The van der Waals surface area contributed by atoms with Crippen LogP contribution in [0.2, 0.25) is 6.32 Å². The van der Waals surface area contributed by atoms with E-state index in [0.29, 0.717) is 5.75 Å². The first kappa shape index (κ1) is 8.72. The van der Waals surface area contributed by atoms with Crippen molar-refractivity contribution in [2.75, 3.05) is 12.4 Å². The topological polar surface area (TPSA) is 9.23 Å². The van der Waals surface area contributed by atoms with E-state index in [2.05, 4.69) is 33.1 Å². The van der Waals surface area contributed by atoms with Crippen LogP contribution in [0.15, 0.2) is 0 Å². The van der Waals surface area contributed by atoms with Crippen molar-refractivity contribution in [2.45, 2.75) is 11.8 Å². The fraction of sp³-hybridized carbons (Fsp3) is 1.00. The molecule has 0 aromatic carbocycles. The van der Waals surface area contributed by atoms with Gasteiger partial charge in [0.1, 0.15) is 13.3 Å². The van der Waals surface area contributed by atoms with Gasteiger partial charge in [-0.2, -0.15) is 12.6 Å². The molecule has 0 spiro atoms. The first-order chi connectivity index (χ1) is 3.81. The Kier molecular flexibility index (Phi) is 6.38. The third kappa shape index (κ3) is 4.87. The predicted octanol–water partition coefficient (Wildman–Crippen LogP) is 0.240. The van der Waals surface area contributed by atoms with Crippen molar-refractivity contribution in [1.82, 2.24) is 0 Å². The fourth-order valence-corrected chi connectivity index (χ4v) is 0.517. The Hall–Kier alpha value is 0.725. The van der Waals surface area contributed by atoms with E-state index in [4.69, 9.17) is 4.74 Å². The maximum absolute atomic E-state index is 5.13. The van der Waals surface area contributed by atoms with Crippen molar-refractivity contribution in [2.24, 2.45) is 0 Å². The molecule has 0 radical (unpaired) electrons. The molecule has 48 valence electrons. The molecule has 0 aliphatic carbocycles. The van der Waals surface area contributed by atoms with Gasteiger partial charge in [0, 0.05) is 12.4 Å². The molecule has 1 atom stereocenters. The zero-order valence-corrected chi connectivity index (χ0v) is 6.79.